The first-order valence-electron chi connectivity index (χ1n) is 10.5. The zero-order valence-corrected chi connectivity index (χ0v) is 19.5. The van der Waals surface area contributed by atoms with E-state index in [0.717, 1.165) is 31.2 Å². The summed E-state index contributed by atoms with van der Waals surface area (Å²) in [7, 11) is -7.01. The lowest BCUT2D eigenvalue weighted by Gasteiger charge is -2.15. The fraction of sp³-hybridized carbons (Fsp3) is 0.476. The Hall–Kier alpha value is -2.01. The molecule has 2 heterocycles. The van der Waals surface area contributed by atoms with Crippen molar-refractivity contribution in [2.24, 2.45) is 0 Å². The van der Waals surface area contributed by atoms with Crippen LogP contribution >= 0.6 is 0 Å². The molecule has 0 radical (unpaired) electrons. The number of nitrogens with zero attached hydrogens (tertiary/aromatic N) is 2. The van der Waals surface area contributed by atoms with Gasteiger partial charge < -0.3 is 5.32 Å². The Bertz CT molecular complexity index is 1060. The van der Waals surface area contributed by atoms with Crippen LogP contribution in [0.1, 0.15) is 45.1 Å². The van der Waals surface area contributed by atoms with Crippen molar-refractivity contribution in [2.45, 2.75) is 61.9 Å². The molecule has 1 fully saturated rings. The summed E-state index contributed by atoms with van der Waals surface area (Å²) < 4.78 is 54.1. The average molecular weight is 467 g/mol. The van der Waals surface area contributed by atoms with E-state index in [1.807, 2.05) is 13.8 Å². The molecule has 31 heavy (non-hydrogen) atoms. The molecule has 0 spiro atoms. The molecule has 1 aromatic carbocycles. The summed E-state index contributed by atoms with van der Waals surface area (Å²) in [6.45, 7) is 5.44. The highest BCUT2D eigenvalue weighted by atomic mass is 32.2. The first-order chi connectivity index (χ1) is 14.7. The van der Waals surface area contributed by atoms with Crippen LogP contribution in [0.5, 0.6) is 0 Å². The molecule has 1 aliphatic heterocycles. The maximum absolute atomic E-state index is 12.6. The third-order valence-electron chi connectivity index (χ3n) is 5.22. The number of benzene rings is 1. The van der Waals surface area contributed by atoms with Crippen LogP contribution in [0.25, 0.3) is 0 Å². The van der Waals surface area contributed by atoms with Gasteiger partial charge in [0.05, 0.1) is 4.90 Å². The van der Waals surface area contributed by atoms with Gasteiger partial charge in [-0.3, -0.25) is 0 Å². The van der Waals surface area contributed by atoms with Gasteiger partial charge in [0.1, 0.15) is 10.7 Å². The van der Waals surface area contributed by atoms with Gasteiger partial charge in [0.25, 0.3) is 0 Å². The molecule has 0 aliphatic carbocycles. The molecular formula is C21H30N4O4S2. The molecule has 8 nitrogen and oxygen atoms in total. The first kappa shape index (κ1) is 23.6. The van der Waals surface area contributed by atoms with Gasteiger partial charge in [0, 0.05) is 31.9 Å². The highest BCUT2D eigenvalue weighted by Crippen LogP contribution is 2.21. The van der Waals surface area contributed by atoms with Gasteiger partial charge in [-0.2, -0.15) is 4.31 Å². The van der Waals surface area contributed by atoms with Gasteiger partial charge in [-0.25, -0.2) is 26.5 Å². The zero-order chi connectivity index (χ0) is 22.5. The molecule has 1 atom stereocenters. The number of nitrogens with one attached hydrogen (secondary N) is 2. The lowest BCUT2D eigenvalue weighted by molar-refractivity contribution is 0.477. The molecule has 1 unspecified atom stereocenters. The molecule has 2 aromatic rings. The Labute approximate surface area is 185 Å². The van der Waals surface area contributed by atoms with Crippen molar-refractivity contribution < 1.29 is 16.8 Å². The molecular weight excluding hydrogens is 436 g/mol. The fourth-order valence-electron chi connectivity index (χ4n) is 3.52. The minimum Gasteiger partial charge on any atom is -0.366 e. The van der Waals surface area contributed by atoms with E-state index in [4.69, 9.17) is 0 Å². The van der Waals surface area contributed by atoms with E-state index in [1.165, 1.54) is 16.6 Å². The van der Waals surface area contributed by atoms with Crippen molar-refractivity contribution in [1.29, 1.82) is 0 Å². The summed E-state index contributed by atoms with van der Waals surface area (Å²) in [4.78, 5) is 4.61. The predicted molar refractivity (Wildman–Crippen MR) is 121 cm³/mol. The van der Waals surface area contributed by atoms with Gasteiger partial charge in [-0.05, 0) is 56.0 Å². The number of sulfonamides is 2. The smallest absolute Gasteiger partial charge is 0.243 e. The first-order valence-corrected chi connectivity index (χ1v) is 13.5. The third kappa shape index (κ3) is 6.03. The van der Waals surface area contributed by atoms with Crippen LogP contribution in [-0.2, 0) is 26.6 Å². The maximum Gasteiger partial charge on any atom is 0.243 e. The van der Waals surface area contributed by atoms with E-state index >= 15 is 0 Å². The van der Waals surface area contributed by atoms with E-state index in [9.17, 15) is 16.8 Å². The molecule has 0 saturated carbocycles. The molecule has 170 valence electrons. The Morgan fingerprint density at radius 2 is 1.65 bits per heavy atom. The summed E-state index contributed by atoms with van der Waals surface area (Å²) in [5.41, 5.74) is 0.897. The Kier molecular flexibility index (Phi) is 7.68. The van der Waals surface area contributed by atoms with Crippen molar-refractivity contribution in [3.8, 4) is 0 Å². The van der Waals surface area contributed by atoms with Crippen LogP contribution in [0, 0.1) is 0 Å². The second-order valence-corrected chi connectivity index (χ2v) is 11.5. The summed E-state index contributed by atoms with van der Waals surface area (Å²) in [6.07, 6.45) is 4.81. The normalized spacial score (nSPS) is 16.3. The highest BCUT2D eigenvalue weighted by Gasteiger charge is 2.26. The van der Waals surface area contributed by atoms with Gasteiger partial charge >= 0.3 is 0 Å². The molecule has 3 rings (SSSR count). The van der Waals surface area contributed by atoms with Crippen molar-refractivity contribution in [3.05, 3.63) is 48.2 Å². The lowest BCUT2D eigenvalue weighted by Crippen LogP contribution is -2.32. The van der Waals surface area contributed by atoms with Crippen LogP contribution in [0.15, 0.2) is 52.4 Å². The van der Waals surface area contributed by atoms with E-state index < -0.39 is 20.0 Å². The Morgan fingerprint density at radius 1 is 1.00 bits per heavy atom. The molecule has 0 bridgehead atoms. The van der Waals surface area contributed by atoms with E-state index in [2.05, 4.69) is 15.0 Å². The van der Waals surface area contributed by atoms with Crippen LogP contribution in [0.4, 0.5) is 5.82 Å². The fourth-order valence-corrected chi connectivity index (χ4v) is 6.26. The molecule has 1 saturated heterocycles. The molecule has 2 N–H and O–H groups in total. The second kappa shape index (κ2) is 10.1. The van der Waals surface area contributed by atoms with Crippen LogP contribution < -0.4 is 10.0 Å². The molecule has 0 amide bonds. The minimum atomic E-state index is -3.59. The maximum atomic E-state index is 12.6. The molecule has 1 aromatic heterocycles. The van der Waals surface area contributed by atoms with Crippen LogP contribution in [0.2, 0.25) is 0 Å². The number of hydrogen-bond donors (Lipinski definition) is 2. The van der Waals surface area contributed by atoms with Crippen molar-refractivity contribution in [2.75, 3.05) is 18.4 Å². The SMILES string of the molecule is CCCC(C)NS(=O)(=O)c1ccc(NCc2ccc(S(=O)(=O)N3CCCC3)cc2)nc1. The van der Waals surface area contributed by atoms with Gasteiger partial charge in [-0.1, -0.05) is 25.5 Å². The minimum absolute atomic E-state index is 0.123. The highest BCUT2D eigenvalue weighted by molar-refractivity contribution is 7.89. The van der Waals surface area contributed by atoms with E-state index in [1.54, 1.807) is 30.3 Å². The van der Waals surface area contributed by atoms with E-state index in [-0.39, 0.29) is 10.9 Å². The van der Waals surface area contributed by atoms with Crippen molar-refractivity contribution in [1.82, 2.24) is 14.0 Å². The number of anilines is 1. The summed E-state index contributed by atoms with van der Waals surface area (Å²) in [5.74, 6) is 0.536. The third-order valence-corrected chi connectivity index (χ3v) is 8.71. The predicted octanol–water partition coefficient (Wildman–Crippen LogP) is 2.95. The number of pyridine rings is 1. The average Bonchev–Trinajstić information content (AvgIpc) is 3.28. The second-order valence-electron chi connectivity index (χ2n) is 7.80. The summed E-state index contributed by atoms with van der Waals surface area (Å²) in [6, 6.07) is 9.79. The summed E-state index contributed by atoms with van der Waals surface area (Å²) in [5, 5.41) is 3.13. The summed E-state index contributed by atoms with van der Waals surface area (Å²) >= 11 is 0. The Morgan fingerprint density at radius 3 is 2.23 bits per heavy atom. The van der Waals surface area contributed by atoms with Gasteiger partial charge in [-0.15, -0.1) is 0 Å². The molecule has 10 heteroatoms. The zero-order valence-electron chi connectivity index (χ0n) is 17.9. The Balaban J connectivity index is 1.59. The van der Waals surface area contributed by atoms with Crippen LogP contribution in [-0.4, -0.2) is 45.3 Å². The monoisotopic (exact) mass is 466 g/mol. The topological polar surface area (TPSA) is 108 Å². The van der Waals surface area contributed by atoms with Gasteiger partial charge in [0.15, 0.2) is 0 Å². The number of hydrogen-bond acceptors (Lipinski definition) is 6. The largest absolute Gasteiger partial charge is 0.366 e. The van der Waals surface area contributed by atoms with Gasteiger partial charge in [0.2, 0.25) is 20.0 Å². The lowest BCUT2D eigenvalue weighted by atomic mass is 10.2. The quantitative estimate of drug-likeness (QED) is 0.557. The van der Waals surface area contributed by atoms with Crippen molar-refractivity contribution >= 4 is 25.9 Å². The standard InChI is InChI=1S/C21H30N4O4S2/c1-3-6-17(2)24-30(26,27)20-11-12-21(23-16-20)22-15-18-7-9-19(10-8-18)31(28,29)25-13-4-5-14-25/h7-12,16-17,24H,3-6,13-15H2,1-2H3,(H,22,23). The van der Waals surface area contributed by atoms with Crippen LogP contribution in [0.3, 0.4) is 0 Å². The number of rotatable bonds is 10. The van der Waals surface area contributed by atoms with E-state index in [0.29, 0.717) is 30.3 Å². The number of aromatic nitrogens is 1. The molecule has 1 aliphatic rings. The van der Waals surface area contributed by atoms with Crippen molar-refractivity contribution in [3.63, 3.8) is 0 Å².